The highest BCUT2D eigenvalue weighted by Gasteiger charge is 2.30. The van der Waals surface area contributed by atoms with E-state index in [1.165, 1.54) is 16.8 Å². The SMILES string of the molecule is CCCNC(=O)C(C)(C)Oc1ccc2c(c1)c(-c1ccncc1)c(C)n2CCC. The Morgan fingerprint density at radius 3 is 2.52 bits per heavy atom. The first-order valence-electron chi connectivity index (χ1n) is 10.4. The van der Waals surface area contributed by atoms with Crippen LogP contribution >= 0.6 is 0 Å². The normalized spacial score (nSPS) is 11.6. The number of rotatable bonds is 8. The first kappa shape index (κ1) is 20.9. The molecule has 0 bridgehead atoms. The third-order valence-corrected chi connectivity index (χ3v) is 5.17. The van der Waals surface area contributed by atoms with Crippen LogP contribution in [-0.4, -0.2) is 27.6 Å². The van der Waals surface area contributed by atoms with Crippen molar-refractivity contribution in [3.63, 3.8) is 0 Å². The molecule has 0 spiro atoms. The standard InChI is InChI=1S/C24H31N3O2/c1-6-12-26-23(28)24(4,5)29-19-8-9-21-20(16-19)22(17(3)27(21)15-7-2)18-10-13-25-14-11-18/h8-11,13-14,16H,6-7,12,15H2,1-5H3,(H,26,28). The van der Waals surface area contributed by atoms with Crippen molar-refractivity contribution in [1.82, 2.24) is 14.9 Å². The van der Waals surface area contributed by atoms with Crippen LogP contribution in [0.25, 0.3) is 22.0 Å². The van der Waals surface area contributed by atoms with Gasteiger partial charge < -0.3 is 14.6 Å². The van der Waals surface area contributed by atoms with Gasteiger partial charge in [0.2, 0.25) is 0 Å². The number of aryl methyl sites for hydroxylation is 1. The van der Waals surface area contributed by atoms with E-state index in [1.807, 2.05) is 37.5 Å². The lowest BCUT2D eigenvalue weighted by Gasteiger charge is -2.25. The predicted molar refractivity (Wildman–Crippen MR) is 118 cm³/mol. The summed E-state index contributed by atoms with van der Waals surface area (Å²) < 4.78 is 8.49. The topological polar surface area (TPSA) is 56.1 Å². The van der Waals surface area contributed by atoms with E-state index in [1.54, 1.807) is 13.8 Å². The summed E-state index contributed by atoms with van der Waals surface area (Å²) in [4.78, 5) is 16.6. The van der Waals surface area contributed by atoms with E-state index in [0.717, 1.165) is 30.3 Å². The second kappa shape index (κ2) is 8.68. The van der Waals surface area contributed by atoms with Crippen molar-refractivity contribution in [3.8, 4) is 16.9 Å². The van der Waals surface area contributed by atoms with Crippen molar-refractivity contribution in [3.05, 3.63) is 48.4 Å². The minimum atomic E-state index is -0.944. The number of ether oxygens (including phenoxy) is 1. The van der Waals surface area contributed by atoms with Gasteiger partial charge in [-0.2, -0.15) is 0 Å². The van der Waals surface area contributed by atoms with Crippen LogP contribution in [0.4, 0.5) is 0 Å². The summed E-state index contributed by atoms with van der Waals surface area (Å²) in [5.74, 6) is 0.589. The highest BCUT2D eigenvalue weighted by molar-refractivity contribution is 5.99. The Balaban J connectivity index is 2.05. The maximum absolute atomic E-state index is 12.5. The number of carbonyl (C=O) groups excluding carboxylic acids is 1. The summed E-state index contributed by atoms with van der Waals surface area (Å²) in [5, 5.41) is 4.05. The summed E-state index contributed by atoms with van der Waals surface area (Å²) in [5.41, 5.74) is 3.78. The molecule has 3 aromatic rings. The van der Waals surface area contributed by atoms with Crippen molar-refractivity contribution in [2.75, 3.05) is 6.54 Å². The van der Waals surface area contributed by atoms with E-state index in [4.69, 9.17) is 4.74 Å². The average molecular weight is 394 g/mol. The van der Waals surface area contributed by atoms with Gasteiger partial charge in [-0.3, -0.25) is 9.78 Å². The number of aromatic nitrogens is 2. The Hall–Kier alpha value is -2.82. The molecule has 0 aliphatic heterocycles. The summed E-state index contributed by atoms with van der Waals surface area (Å²) in [6.07, 6.45) is 5.59. The van der Waals surface area contributed by atoms with Crippen LogP contribution in [0.5, 0.6) is 5.75 Å². The van der Waals surface area contributed by atoms with Gasteiger partial charge in [-0.15, -0.1) is 0 Å². The van der Waals surface area contributed by atoms with Crippen LogP contribution in [0.3, 0.4) is 0 Å². The van der Waals surface area contributed by atoms with Crippen LogP contribution in [0.1, 0.15) is 46.2 Å². The molecule has 0 atom stereocenters. The van der Waals surface area contributed by atoms with Crippen molar-refractivity contribution in [2.24, 2.45) is 0 Å². The molecule has 1 N–H and O–H groups in total. The van der Waals surface area contributed by atoms with Gasteiger partial charge in [0.25, 0.3) is 5.91 Å². The van der Waals surface area contributed by atoms with Crippen molar-refractivity contribution in [2.45, 2.75) is 59.6 Å². The Bertz CT molecular complexity index is 990. The monoisotopic (exact) mass is 393 g/mol. The summed E-state index contributed by atoms with van der Waals surface area (Å²) >= 11 is 0. The van der Waals surface area contributed by atoms with E-state index in [2.05, 4.69) is 40.8 Å². The predicted octanol–water partition coefficient (Wildman–Crippen LogP) is 5.11. The molecule has 1 amide bonds. The van der Waals surface area contributed by atoms with Gasteiger partial charge in [0, 0.05) is 47.6 Å². The molecule has 5 heteroatoms. The molecule has 154 valence electrons. The molecule has 2 heterocycles. The third-order valence-electron chi connectivity index (χ3n) is 5.17. The Labute approximate surface area is 173 Å². The Kier molecular flexibility index (Phi) is 6.26. The van der Waals surface area contributed by atoms with E-state index in [9.17, 15) is 4.79 Å². The average Bonchev–Trinajstić information content (AvgIpc) is 2.97. The zero-order valence-electron chi connectivity index (χ0n) is 18.1. The second-order valence-electron chi connectivity index (χ2n) is 7.90. The first-order valence-corrected chi connectivity index (χ1v) is 10.4. The highest BCUT2D eigenvalue weighted by atomic mass is 16.5. The Morgan fingerprint density at radius 2 is 1.86 bits per heavy atom. The number of hydrogen-bond acceptors (Lipinski definition) is 3. The zero-order valence-corrected chi connectivity index (χ0v) is 18.1. The number of hydrogen-bond donors (Lipinski definition) is 1. The molecule has 3 rings (SSSR count). The second-order valence-corrected chi connectivity index (χ2v) is 7.90. The molecule has 0 aliphatic carbocycles. The van der Waals surface area contributed by atoms with Crippen molar-refractivity contribution >= 4 is 16.8 Å². The number of carbonyl (C=O) groups is 1. The fraction of sp³-hybridized carbons (Fsp3) is 0.417. The minimum absolute atomic E-state index is 0.103. The number of nitrogens with one attached hydrogen (secondary N) is 1. The molecule has 0 fully saturated rings. The van der Waals surface area contributed by atoms with Gasteiger partial charge in [0.15, 0.2) is 5.60 Å². The van der Waals surface area contributed by atoms with Crippen LogP contribution in [0.2, 0.25) is 0 Å². The van der Waals surface area contributed by atoms with Gasteiger partial charge in [-0.25, -0.2) is 0 Å². The molecule has 0 saturated carbocycles. The van der Waals surface area contributed by atoms with Crippen LogP contribution < -0.4 is 10.1 Å². The van der Waals surface area contributed by atoms with Gasteiger partial charge in [0.1, 0.15) is 5.75 Å². The minimum Gasteiger partial charge on any atom is -0.478 e. The third kappa shape index (κ3) is 4.29. The number of pyridine rings is 1. The molecule has 5 nitrogen and oxygen atoms in total. The fourth-order valence-corrected chi connectivity index (χ4v) is 3.71. The number of amides is 1. The maximum Gasteiger partial charge on any atom is 0.263 e. The van der Waals surface area contributed by atoms with Crippen molar-refractivity contribution < 1.29 is 9.53 Å². The lowest BCUT2D eigenvalue weighted by molar-refractivity contribution is -0.134. The molecule has 0 radical (unpaired) electrons. The van der Waals surface area contributed by atoms with Crippen molar-refractivity contribution in [1.29, 1.82) is 0 Å². The highest BCUT2D eigenvalue weighted by Crippen LogP contribution is 2.37. The molecule has 0 saturated heterocycles. The van der Waals surface area contributed by atoms with Crippen LogP contribution in [0.15, 0.2) is 42.7 Å². The molecule has 29 heavy (non-hydrogen) atoms. The summed E-state index contributed by atoms with van der Waals surface area (Å²) in [6, 6.07) is 10.2. The molecule has 1 aromatic carbocycles. The van der Waals surface area contributed by atoms with E-state index in [-0.39, 0.29) is 5.91 Å². The molecule has 2 aromatic heterocycles. The maximum atomic E-state index is 12.5. The molecule has 0 aliphatic rings. The smallest absolute Gasteiger partial charge is 0.263 e. The first-order chi connectivity index (χ1) is 13.9. The molecule has 0 unspecified atom stereocenters. The Morgan fingerprint density at radius 1 is 1.14 bits per heavy atom. The number of fused-ring (bicyclic) bond motifs is 1. The van der Waals surface area contributed by atoms with E-state index >= 15 is 0 Å². The largest absolute Gasteiger partial charge is 0.478 e. The fourth-order valence-electron chi connectivity index (χ4n) is 3.71. The summed E-state index contributed by atoms with van der Waals surface area (Å²) in [7, 11) is 0. The van der Waals surface area contributed by atoms with Gasteiger partial charge in [-0.1, -0.05) is 13.8 Å². The van der Waals surface area contributed by atoms with E-state index in [0.29, 0.717) is 12.3 Å². The summed E-state index contributed by atoms with van der Waals surface area (Å²) in [6.45, 7) is 11.6. The lowest BCUT2D eigenvalue weighted by Crippen LogP contribution is -2.46. The molecular formula is C24H31N3O2. The van der Waals surface area contributed by atoms with E-state index < -0.39 is 5.60 Å². The van der Waals surface area contributed by atoms with Gasteiger partial charge in [0.05, 0.1) is 0 Å². The lowest BCUT2D eigenvalue weighted by atomic mass is 10.0. The quantitative estimate of drug-likeness (QED) is 0.579. The van der Waals surface area contributed by atoms with Crippen LogP contribution in [-0.2, 0) is 11.3 Å². The molecular weight excluding hydrogens is 362 g/mol. The van der Waals surface area contributed by atoms with Gasteiger partial charge >= 0.3 is 0 Å². The zero-order chi connectivity index (χ0) is 21.0. The van der Waals surface area contributed by atoms with Gasteiger partial charge in [-0.05, 0) is 69.5 Å². The number of benzene rings is 1. The van der Waals surface area contributed by atoms with Crippen LogP contribution in [0, 0.1) is 6.92 Å². The number of nitrogens with zero attached hydrogens (tertiary/aromatic N) is 2.